The maximum absolute atomic E-state index is 12.4. The number of alkyl halides is 2. The Labute approximate surface area is 146 Å². The van der Waals surface area contributed by atoms with Crippen LogP contribution in [0, 0.1) is 0 Å². The molecule has 0 aliphatic carbocycles. The average Bonchev–Trinajstić information content (AvgIpc) is 2.57. The summed E-state index contributed by atoms with van der Waals surface area (Å²) in [7, 11) is 0. The lowest BCUT2D eigenvalue weighted by atomic mass is 10.1. The van der Waals surface area contributed by atoms with E-state index in [9.17, 15) is 13.6 Å². The largest absolute Gasteiger partial charge is 0.434 e. The monoisotopic (exact) mass is 396 g/mol. The van der Waals surface area contributed by atoms with Gasteiger partial charge in [-0.25, -0.2) is 5.43 Å². The van der Waals surface area contributed by atoms with Crippen LogP contribution in [0.4, 0.5) is 8.78 Å². The zero-order valence-corrected chi connectivity index (χ0v) is 14.4. The van der Waals surface area contributed by atoms with Crippen LogP contribution in [0.25, 0.3) is 0 Å². The minimum atomic E-state index is -2.94. The number of ether oxygens (including phenoxy) is 1. The van der Waals surface area contributed by atoms with Crippen molar-refractivity contribution in [2.24, 2.45) is 5.10 Å². The van der Waals surface area contributed by atoms with Crippen LogP contribution in [0.5, 0.6) is 5.75 Å². The van der Waals surface area contributed by atoms with Crippen LogP contribution in [0.3, 0.4) is 0 Å². The summed E-state index contributed by atoms with van der Waals surface area (Å²) in [5.74, 6) is -0.418. The Morgan fingerprint density at radius 3 is 2.62 bits per heavy atom. The average molecular weight is 397 g/mol. The lowest BCUT2D eigenvalue weighted by Crippen LogP contribution is -2.17. The van der Waals surface area contributed by atoms with Gasteiger partial charge in [-0.15, -0.1) is 0 Å². The lowest BCUT2D eigenvalue weighted by Gasteiger charge is -2.08. The third-order valence-electron chi connectivity index (χ3n) is 3.18. The smallest absolute Gasteiger partial charge is 0.387 e. The highest BCUT2D eigenvalue weighted by molar-refractivity contribution is 9.10. The molecule has 0 saturated heterocycles. The molecule has 0 fully saturated rings. The molecule has 2 aromatic carbocycles. The minimum absolute atomic E-state index is 0.0292. The Morgan fingerprint density at radius 1 is 1.29 bits per heavy atom. The van der Waals surface area contributed by atoms with Crippen LogP contribution in [-0.2, 0) is 6.42 Å². The van der Waals surface area contributed by atoms with Crippen LogP contribution in [-0.4, -0.2) is 18.7 Å². The van der Waals surface area contributed by atoms with Crippen LogP contribution < -0.4 is 10.2 Å². The van der Waals surface area contributed by atoms with Crippen molar-refractivity contribution >= 4 is 28.1 Å². The highest BCUT2D eigenvalue weighted by atomic mass is 79.9. The zero-order valence-electron chi connectivity index (χ0n) is 12.8. The number of amides is 1. The predicted molar refractivity (Wildman–Crippen MR) is 91.7 cm³/mol. The first-order chi connectivity index (χ1) is 11.5. The van der Waals surface area contributed by atoms with Gasteiger partial charge in [-0.05, 0) is 42.3 Å². The number of carbonyl (C=O) groups is 1. The molecule has 2 aromatic rings. The number of carbonyl (C=O) groups excluding carboxylic acids is 1. The molecule has 126 valence electrons. The van der Waals surface area contributed by atoms with E-state index in [0.29, 0.717) is 15.6 Å². The number of hydrogen-bond acceptors (Lipinski definition) is 3. The van der Waals surface area contributed by atoms with Crippen molar-refractivity contribution in [2.75, 3.05) is 0 Å². The van der Waals surface area contributed by atoms with Gasteiger partial charge in [0.1, 0.15) is 5.75 Å². The molecule has 1 amide bonds. The van der Waals surface area contributed by atoms with Gasteiger partial charge in [-0.2, -0.15) is 13.9 Å². The molecule has 0 atom stereocenters. The molecule has 24 heavy (non-hydrogen) atoms. The van der Waals surface area contributed by atoms with Gasteiger partial charge in [-0.1, -0.05) is 35.0 Å². The van der Waals surface area contributed by atoms with Gasteiger partial charge < -0.3 is 4.74 Å². The highest BCUT2D eigenvalue weighted by Gasteiger charge is 2.09. The number of rotatable bonds is 6. The third-order valence-corrected chi connectivity index (χ3v) is 3.68. The number of halogens is 3. The molecule has 0 aliphatic rings. The molecular formula is C17H15BrF2N2O2. The van der Waals surface area contributed by atoms with Crippen LogP contribution in [0.15, 0.2) is 52.0 Å². The molecule has 1 N–H and O–H groups in total. The van der Waals surface area contributed by atoms with Gasteiger partial charge in [0.15, 0.2) is 0 Å². The molecule has 0 aromatic heterocycles. The maximum Gasteiger partial charge on any atom is 0.387 e. The number of hydrazone groups is 1. The zero-order chi connectivity index (χ0) is 17.5. The van der Waals surface area contributed by atoms with Gasteiger partial charge in [0.05, 0.1) is 6.21 Å². The van der Waals surface area contributed by atoms with E-state index in [0.717, 1.165) is 12.0 Å². The van der Waals surface area contributed by atoms with Crippen LogP contribution in [0.2, 0.25) is 0 Å². The summed E-state index contributed by atoms with van der Waals surface area (Å²) in [4.78, 5) is 12.0. The van der Waals surface area contributed by atoms with E-state index in [1.165, 1.54) is 12.3 Å². The second-order valence-electron chi connectivity index (χ2n) is 4.81. The number of nitrogens with zero attached hydrogens (tertiary/aromatic N) is 1. The second-order valence-corrected chi connectivity index (χ2v) is 5.73. The summed E-state index contributed by atoms with van der Waals surface area (Å²) in [6, 6.07) is 11.7. The fraction of sp³-hybridized carbons (Fsp3) is 0.176. The summed E-state index contributed by atoms with van der Waals surface area (Å²) in [5.41, 5.74) is 4.25. The Morgan fingerprint density at radius 2 is 2.00 bits per heavy atom. The lowest BCUT2D eigenvalue weighted by molar-refractivity contribution is -0.0499. The first kappa shape index (κ1) is 18.1. The standard InChI is InChI=1S/C17H15BrF2N2O2/c1-2-11-3-5-12(6-4-11)16(23)22-21-10-13-9-14(18)7-8-15(13)24-17(19)20/h3-10,17H,2H2,1H3,(H,22,23)/b21-10-. The molecule has 0 spiro atoms. The van der Waals surface area contributed by atoms with E-state index < -0.39 is 6.61 Å². The number of aryl methyl sites for hydroxylation is 1. The van der Waals surface area contributed by atoms with Crippen molar-refractivity contribution in [2.45, 2.75) is 20.0 Å². The SMILES string of the molecule is CCc1ccc(C(=O)N/N=C\c2cc(Br)ccc2OC(F)F)cc1. The first-order valence-electron chi connectivity index (χ1n) is 7.16. The molecular weight excluding hydrogens is 382 g/mol. The van der Waals surface area contributed by atoms with E-state index in [-0.39, 0.29) is 11.7 Å². The first-order valence-corrected chi connectivity index (χ1v) is 7.95. The third kappa shape index (κ3) is 5.13. The van der Waals surface area contributed by atoms with Gasteiger partial charge in [0.2, 0.25) is 0 Å². The van der Waals surface area contributed by atoms with Crippen molar-refractivity contribution in [3.8, 4) is 5.75 Å². The normalized spacial score (nSPS) is 11.0. The minimum Gasteiger partial charge on any atom is -0.434 e. The fourth-order valence-corrected chi connectivity index (χ4v) is 2.32. The summed E-state index contributed by atoms with van der Waals surface area (Å²) >= 11 is 3.24. The van der Waals surface area contributed by atoms with E-state index in [1.807, 2.05) is 19.1 Å². The summed E-state index contributed by atoms with van der Waals surface area (Å²) < 4.78 is 29.9. The molecule has 0 radical (unpaired) electrons. The number of benzene rings is 2. The topological polar surface area (TPSA) is 50.7 Å². The molecule has 0 saturated carbocycles. The Bertz CT molecular complexity index is 734. The maximum atomic E-state index is 12.4. The summed E-state index contributed by atoms with van der Waals surface area (Å²) in [6.07, 6.45) is 2.14. The van der Waals surface area contributed by atoms with E-state index in [1.54, 1.807) is 24.3 Å². The molecule has 4 nitrogen and oxygen atoms in total. The highest BCUT2D eigenvalue weighted by Crippen LogP contribution is 2.23. The van der Waals surface area contributed by atoms with Crippen molar-refractivity contribution in [1.82, 2.24) is 5.43 Å². The summed E-state index contributed by atoms with van der Waals surface area (Å²) in [6.45, 7) is -0.916. The van der Waals surface area contributed by atoms with Gasteiger partial charge >= 0.3 is 6.61 Å². The summed E-state index contributed by atoms with van der Waals surface area (Å²) in [5, 5.41) is 3.80. The number of hydrogen-bond donors (Lipinski definition) is 1. The Hall–Kier alpha value is -2.28. The molecule has 0 bridgehead atoms. The van der Waals surface area contributed by atoms with Crippen molar-refractivity contribution in [3.05, 3.63) is 63.6 Å². The molecule has 2 rings (SSSR count). The van der Waals surface area contributed by atoms with Crippen molar-refractivity contribution < 1.29 is 18.3 Å². The van der Waals surface area contributed by atoms with Crippen LogP contribution >= 0.6 is 15.9 Å². The fourth-order valence-electron chi connectivity index (χ4n) is 1.94. The second kappa shape index (κ2) is 8.54. The van der Waals surface area contributed by atoms with Crippen molar-refractivity contribution in [3.63, 3.8) is 0 Å². The molecule has 0 heterocycles. The van der Waals surface area contributed by atoms with E-state index in [4.69, 9.17) is 0 Å². The van der Waals surface area contributed by atoms with Gasteiger partial charge in [0, 0.05) is 15.6 Å². The molecule has 0 unspecified atom stereocenters. The van der Waals surface area contributed by atoms with Gasteiger partial charge in [-0.3, -0.25) is 4.79 Å². The molecule has 7 heteroatoms. The quantitative estimate of drug-likeness (QED) is 0.581. The van der Waals surface area contributed by atoms with Crippen molar-refractivity contribution in [1.29, 1.82) is 0 Å². The Balaban J connectivity index is 2.07. The predicted octanol–water partition coefficient (Wildman–Crippen LogP) is 4.38. The molecule has 0 aliphatic heterocycles. The number of nitrogens with one attached hydrogen (secondary N) is 1. The van der Waals surface area contributed by atoms with Crippen LogP contribution in [0.1, 0.15) is 28.4 Å². The Kier molecular flexibility index (Phi) is 6.43. The van der Waals surface area contributed by atoms with E-state index in [2.05, 4.69) is 31.2 Å². The van der Waals surface area contributed by atoms with Gasteiger partial charge in [0.25, 0.3) is 5.91 Å². The van der Waals surface area contributed by atoms with E-state index >= 15 is 0 Å².